The first-order chi connectivity index (χ1) is 12.5. The molecule has 2 aromatic rings. The smallest absolute Gasteiger partial charge is 0.244 e. The molecule has 2 aliphatic rings. The van der Waals surface area contributed by atoms with Crippen LogP contribution in [0.3, 0.4) is 0 Å². The number of carbonyl (C=O) groups is 2. The summed E-state index contributed by atoms with van der Waals surface area (Å²) >= 11 is 0. The number of nitrogens with zero attached hydrogens (tertiary/aromatic N) is 1. The monoisotopic (exact) mass is 352 g/mol. The molecule has 4 rings (SSSR count). The van der Waals surface area contributed by atoms with E-state index in [9.17, 15) is 9.59 Å². The second-order valence-electron chi connectivity index (χ2n) is 6.94. The number of hydrogen-bond donors (Lipinski definition) is 1. The maximum atomic E-state index is 12.8. The molecule has 26 heavy (non-hydrogen) atoms. The molecule has 0 bridgehead atoms. The third-order valence-electron chi connectivity index (χ3n) is 4.78. The van der Waals surface area contributed by atoms with E-state index in [0.29, 0.717) is 30.4 Å². The Bertz CT molecular complexity index is 891. The van der Waals surface area contributed by atoms with Gasteiger partial charge in [0.2, 0.25) is 11.8 Å². The zero-order chi connectivity index (χ0) is 18.3. The van der Waals surface area contributed by atoms with Crippen LogP contribution in [-0.4, -0.2) is 31.6 Å². The Labute approximate surface area is 151 Å². The Balaban J connectivity index is 1.51. The van der Waals surface area contributed by atoms with Crippen LogP contribution in [0.2, 0.25) is 0 Å². The predicted molar refractivity (Wildman–Crippen MR) is 97.9 cm³/mol. The van der Waals surface area contributed by atoms with Crippen molar-refractivity contribution in [1.82, 2.24) is 0 Å². The van der Waals surface area contributed by atoms with Crippen LogP contribution in [0, 0.1) is 0 Å². The van der Waals surface area contributed by atoms with E-state index in [-0.39, 0.29) is 18.4 Å². The number of ether oxygens (including phenoxy) is 2. The van der Waals surface area contributed by atoms with Crippen molar-refractivity contribution in [2.45, 2.75) is 19.3 Å². The van der Waals surface area contributed by atoms with Gasteiger partial charge in [0, 0.05) is 17.4 Å². The number of fused-ring (bicyclic) bond motifs is 2. The van der Waals surface area contributed by atoms with E-state index >= 15 is 0 Å². The molecule has 1 N–H and O–H groups in total. The molecular weight excluding hydrogens is 332 g/mol. The Hall–Kier alpha value is -3.02. The minimum absolute atomic E-state index is 0.0340. The molecule has 6 heteroatoms. The Morgan fingerprint density at radius 1 is 1.12 bits per heavy atom. The average Bonchev–Trinajstić information content (AvgIpc) is 2.83. The van der Waals surface area contributed by atoms with Gasteiger partial charge in [-0.05, 0) is 37.6 Å². The van der Waals surface area contributed by atoms with E-state index in [1.54, 1.807) is 23.1 Å². The summed E-state index contributed by atoms with van der Waals surface area (Å²) in [6, 6.07) is 12.9. The Kier molecular flexibility index (Phi) is 3.83. The minimum Gasteiger partial charge on any atom is -0.486 e. The van der Waals surface area contributed by atoms with Gasteiger partial charge >= 0.3 is 0 Å². The van der Waals surface area contributed by atoms with Crippen molar-refractivity contribution in [3.63, 3.8) is 0 Å². The molecule has 0 radical (unpaired) electrons. The second kappa shape index (κ2) is 6.05. The third-order valence-corrected chi connectivity index (χ3v) is 4.78. The number of rotatable bonds is 3. The lowest BCUT2D eigenvalue weighted by molar-refractivity contribution is -0.124. The van der Waals surface area contributed by atoms with Crippen molar-refractivity contribution < 1.29 is 19.1 Å². The molecule has 0 saturated carbocycles. The minimum atomic E-state index is -0.631. The van der Waals surface area contributed by atoms with Gasteiger partial charge in [0.05, 0.1) is 5.41 Å². The van der Waals surface area contributed by atoms with Gasteiger partial charge in [-0.2, -0.15) is 0 Å². The van der Waals surface area contributed by atoms with E-state index in [2.05, 4.69) is 5.32 Å². The number of carbonyl (C=O) groups excluding carboxylic acids is 2. The van der Waals surface area contributed by atoms with E-state index < -0.39 is 5.41 Å². The summed E-state index contributed by atoms with van der Waals surface area (Å²) in [5.41, 5.74) is 1.71. The SMILES string of the molecule is CC1(C)C(=O)N(CC(=O)Nc2ccc3c(c2)OCCO3)c2ccccc21. The number of anilines is 2. The highest BCUT2D eigenvalue weighted by Crippen LogP contribution is 2.41. The Morgan fingerprint density at radius 2 is 1.85 bits per heavy atom. The summed E-state index contributed by atoms with van der Waals surface area (Å²) in [5, 5.41) is 2.83. The third kappa shape index (κ3) is 2.67. The van der Waals surface area contributed by atoms with Gasteiger partial charge in [-0.1, -0.05) is 18.2 Å². The standard InChI is InChI=1S/C20H20N2O4/c1-20(2)14-5-3-4-6-15(14)22(19(20)24)12-18(23)21-13-7-8-16-17(11-13)26-10-9-25-16/h3-8,11H,9-10,12H2,1-2H3,(H,21,23). The molecule has 0 fully saturated rings. The molecular formula is C20H20N2O4. The quantitative estimate of drug-likeness (QED) is 0.922. The summed E-state index contributed by atoms with van der Waals surface area (Å²) in [7, 11) is 0. The van der Waals surface area contributed by atoms with Crippen molar-refractivity contribution in [2.75, 3.05) is 30.0 Å². The van der Waals surface area contributed by atoms with Crippen LogP contribution < -0.4 is 19.7 Å². The molecule has 134 valence electrons. The molecule has 0 saturated heterocycles. The van der Waals surface area contributed by atoms with Gasteiger partial charge in [-0.3, -0.25) is 9.59 Å². The second-order valence-corrected chi connectivity index (χ2v) is 6.94. The van der Waals surface area contributed by atoms with Crippen LogP contribution in [0.15, 0.2) is 42.5 Å². The summed E-state index contributed by atoms with van der Waals surface area (Å²) in [4.78, 5) is 26.8. The number of para-hydroxylation sites is 1. The molecule has 0 aliphatic carbocycles. The average molecular weight is 352 g/mol. The Morgan fingerprint density at radius 3 is 2.65 bits per heavy atom. The maximum absolute atomic E-state index is 12.8. The molecule has 2 aromatic carbocycles. The molecule has 0 unspecified atom stereocenters. The molecule has 0 aromatic heterocycles. The number of benzene rings is 2. The highest BCUT2D eigenvalue weighted by atomic mass is 16.6. The normalized spacial score (nSPS) is 17.0. The predicted octanol–water partition coefficient (Wildman–Crippen LogP) is 2.72. The number of nitrogens with one attached hydrogen (secondary N) is 1. The van der Waals surface area contributed by atoms with E-state index in [4.69, 9.17) is 9.47 Å². The van der Waals surface area contributed by atoms with E-state index in [1.807, 2.05) is 38.1 Å². The number of amides is 2. The van der Waals surface area contributed by atoms with Gasteiger partial charge in [0.25, 0.3) is 0 Å². The lowest BCUT2D eigenvalue weighted by atomic mass is 9.86. The molecule has 2 heterocycles. The molecule has 6 nitrogen and oxygen atoms in total. The van der Waals surface area contributed by atoms with E-state index in [0.717, 1.165) is 11.3 Å². The summed E-state index contributed by atoms with van der Waals surface area (Å²) < 4.78 is 11.0. The molecule has 2 aliphatic heterocycles. The fourth-order valence-electron chi connectivity index (χ4n) is 3.42. The highest BCUT2D eigenvalue weighted by molar-refractivity contribution is 6.11. The van der Waals surface area contributed by atoms with Gasteiger partial charge in [-0.25, -0.2) is 0 Å². The van der Waals surface area contributed by atoms with E-state index in [1.165, 1.54) is 0 Å². The van der Waals surface area contributed by atoms with Gasteiger partial charge < -0.3 is 19.7 Å². The first-order valence-corrected chi connectivity index (χ1v) is 8.58. The van der Waals surface area contributed by atoms with Crippen LogP contribution >= 0.6 is 0 Å². The largest absolute Gasteiger partial charge is 0.486 e. The number of hydrogen-bond acceptors (Lipinski definition) is 4. The maximum Gasteiger partial charge on any atom is 0.244 e. The zero-order valence-corrected chi connectivity index (χ0v) is 14.7. The highest BCUT2D eigenvalue weighted by Gasteiger charge is 2.44. The molecule has 0 atom stereocenters. The molecule has 2 amide bonds. The van der Waals surface area contributed by atoms with Crippen molar-refractivity contribution in [1.29, 1.82) is 0 Å². The van der Waals surface area contributed by atoms with Crippen molar-refractivity contribution in [3.05, 3.63) is 48.0 Å². The van der Waals surface area contributed by atoms with Gasteiger partial charge in [-0.15, -0.1) is 0 Å². The van der Waals surface area contributed by atoms with Crippen LogP contribution in [0.4, 0.5) is 11.4 Å². The first kappa shape index (κ1) is 16.4. The topological polar surface area (TPSA) is 67.9 Å². The van der Waals surface area contributed by atoms with Crippen molar-refractivity contribution >= 4 is 23.2 Å². The van der Waals surface area contributed by atoms with Crippen LogP contribution in [0.1, 0.15) is 19.4 Å². The summed E-state index contributed by atoms with van der Waals surface area (Å²) in [6.45, 7) is 4.73. The fraction of sp³-hybridized carbons (Fsp3) is 0.300. The summed E-state index contributed by atoms with van der Waals surface area (Å²) in [6.07, 6.45) is 0. The lowest BCUT2D eigenvalue weighted by Crippen LogP contribution is -2.40. The lowest BCUT2D eigenvalue weighted by Gasteiger charge is -2.21. The van der Waals surface area contributed by atoms with Gasteiger partial charge in [0.15, 0.2) is 11.5 Å². The van der Waals surface area contributed by atoms with Crippen LogP contribution in [-0.2, 0) is 15.0 Å². The molecule has 0 spiro atoms. The van der Waals surface area contributed by atoms with Crippen LogP contribution in [0.5, 0.6) is 11.5 Å². The summed E-state index contributed by atoms with van der Waals surface area (Å²) in [5.74, 6) is 0.941. The zero-order valence-electron chi connectivity index (χ0n) is 14.7. The van der Waals surface area contributed by atoms with Crippen LogP contribution in [0.25, 0.3) is 0 Å². The fourth-order valence-corrected chi connectivity index (χ4v) is 3.42. The van der Waals surface area contributed by atoms with Crippen molar-refractivity contribution in [2.24, 2.45) is 0 Å². The van der Waals surface area contributed by atoms with Crippen molar-refractivity contribution in [3.8, 4) is 11.5 Å². The first-order valence-electron chi connectivity index (χ1n) is 8.58. The van der Waals surface area contributed by atoms with Gasteiger partial charge in [0.1, 0.15) is 19.8 Å².